The summed E-state index contributed by atoms with van der Waals surface area (Å²) in [6, 6.07) is 1.09. The molecule has 1 aliphatic heterocycles. The van der Waals surface area contributed by atoms with Gasteiger partial charge in [0, 0.05) is 26.4 Å². The topological polar surface area (TPSA) is 77.4 Å². The van der Waals surface area contributed by atoms with E-state index >= 15 is 0 Å². The summed E-state index contributed by atoms with van der Waals surface area (Å²) in [6.07, 6.45) is -8.44. The van der Waals surface area contributed by atoms with Gasteiger partial charge in [-0.05, 0) is 92.4 Å². The lowest BCUT2D eigenvalue weighted by Gasteiger charge is -2.43. The van der Waals surface area contributed by atoms with Crippen LogP contribution >= 0.6 is 0 Å². The van der Waals surface area contributed by atoms with Gasteiger partial charge in [0.2, 0.25) is 0 Å². The minimum atomic E-state index is -4.60. The van der Waals surface area contributed by atoms with Crippen molar-refractivity contribution in [3.05, 3.63) is 0 Å². The number of aliphatic hydroxyl groups excluding tert-OH is 1. The first-order valence-corrected chi connectivity index (χ1v) is 17.4. The minimum Gasteiger partial charge on any atom is -0.397 e. The summed E-state index contributed by atoms with van der Waals surface area (Å²) in [6.45, 7) is 14.2. The monoisotopic (exact) mass is 576 g/mol. The quantitative estimate of drug-likeness (QED) is 0.230. The molecule has 3 unspecified atom stereocenters. The second-order valence-corrected chi connectivity index (χ2v) is 15.8. The maximum atomic E-state index is 12.8. The predicted molar refractivity (Wildman–Crippen MR) is 131 cm³/mol. The van der Waals surface area contributed by atoms with Crippen LogP contribution < -0.4 is 0 Å². The first kappa shape index (κ1) is 37.9. The van der Waals surface area contributed by atoms with E-state index in [0.717, 1.165) is 13.8 Å². The molecular weight excluding hydrogens is 530 g/mol. The maximum Gasteiger partial charge on any atom is 0.416 e. The molecule has 1 rings (SSSR count). The molecule has 1 saturated heterocycles. The molecule has 0 aromatic rings. The van der Waals surface area contributed by atoms with Crippen molar-refractivity contribution >= 4 is 17.1 Å². The van der Waals surface area contributed by atoms with Gasteiger partial charge in [0.15, 0.2) is 11.2 Å². The van der Waals surface area contributed by atoms with E-state index in [1.165, 1.54) is 0 Å². The number of hydrogen-bond acceptors (Lipinski definition) is 6. The second-order valence-electron chi connectivity index (χ2n) is 9.19. The van der Waals surface area contributed by atoms with Gasteiger partial charge in [0.05, 0.1) is 0 Å². The Bertz CT molecular complexity index is 584. The van der Waals surface area contributed by atoms with Crippen molar-refractivity contribution in [2.75, 3.05) is 26.4 Å². The molecule has 0 aromatic heterocycles. The fourth-order valence-electron chi connectivity index (χ4n) is 3.62. The predicted octanol–water partition coefficient (Wildman–Crippen LogP) is 6.45. The van der Waals surface area contributed by atoms with Crippen LogP contribution in [0.4, 0.5) is 26.3 Å². The highest BCUT2D eigenvalue weighted by Crippen LogP contribution is 2.44. The lowest BCUT2D eigenvalue weighted by atomic mass is 10.0. The van der Waals surface area contributed by atoms with Gasteiger partial charge in [0.25, 0.3) is 0 Å². The van der Waals surface area contributed by atoms with Crippen molar-refractivity contribution in [1.82, 2.24) is 0 Å². The largest absolute Gasteiger partial charge is 0.416 e. The van der Waals surface area contributed by atoms with Crippen LogP contribution in [0.3, 0.4) is 0 Å². The third-order valence-electron chi connectivity index (χ3n) is 5.58. The molecule has 0 aromatic carbocycles. The van der Waals surface area contributed by atoms with Gasteiger partial charge in [0.1, 0.15) is 0 Å². The Kier molecular flexibility index (Phi) is 16.9. The maximum absolute atomic E-state index is 12.8. The highest BCUT2D eigenvalue weighted by Gasteiger charge is 2.58. The summed E-state index contributed by atoms with van der Waals surface area (Å²) in [4.78, 5) is 0. The van der Waals surface area contributed by atoms with E-state index in [0.29, 0.717) is 38.3 Å². The van der Waals surface area contributed by atoms with Crippen LogP contribution in [0.5, 0.6) is 0 Å². The zero-order valence-corrected chi connectivity index (χ0v) is 24.9. The highest BCUT2D eigenvalue weighted by atomic mass is 28.4. The van der Waals surface area contributed by atoms with Crippen LogP contribution in [0, 0.1) is 0 Å². The van der Waals surface area contributed by atoms with E-state index in [2.05, 4.69) is 0 Å². The number of hydrogen-bond donors (Lipinski definition) is 2. The number of aliphatic hydroxyl groups is 2. The fourth-order valence-corrected chi connectivity index (χ4v) is 8.94. The van der Waals surface area contributed by atoms with Gasteiger partial charge in [-0.2, -0.15) is 26.3 Å². The minimum absolute atomic E-state index is 0.0339. The lowest BCUT2D eigenvalue weighted by Crippen LogP contribution is -2.57. The second kappa shape index (κ2) is 16.0. The molecule has 0 aliphatic carbocycles. The fraction of sp³-hybridized carbons (Fsp3) is 1.00. The first-order chi connectivity index (χ1) is 16.2. The molecule has 220 valence electrons. The average molecular weight is 577 g/mol. The van der Waals surface area contributed by atoms with Crippen molar-refractivity contribution in [2.45, 2.75) is 116 Å². The van der Waals surface area contributed by atoms with Gasteiger partial charge in [-0.25, -0.2) is 0 Å². The molecule has 0 amide bonds. The van der Waals surface area contributed by atoms with Crippen LogP contribution in [0.2, 0.25) is 25.2 Å². The first-order valence-electron chi connectivity index (χ1n) is 12.3. The Labute approximate surface area is 214 Å². The molecule has 0 bridgehead atoms. The lowest BCUT2D eigenvalue weighted by molar-refractivity contribution is -0.255. The van der Waals surface area contributed by atoms with Crippen LogP contribution in [0.15, 0.2) is 0 Å². The van der Waals surface area contributed by atoms with E-state index in [1.807, 2.05) is 20.4 Å². The molecule has 3 atom stereocenters. The van der Waals surface area contributed by atoms with E-state index in [-0.39, 0.29) is 25.9 Å². The van der Waals surface area contributed by atoms with Crippen LogP contribution in [-0.2, 0) is 17.7 Å². The normalized spacial score (nSPS) is 24.7. The number of alkyl halides is 6. The zero-order chi connectivity index (χ0) is 28.9. The molecule has 0 radical (unpaired) electrons. The highest BCUT2D eigenvalue weighted by molar-refractivity contribution is 6.66. The molecule has 1 fully saturated rings. The van der Waals surface area contributed by atoms with Crippen molar-refractivity contribution < 1.29 is 54.3 Å². The Morgan fingerprint density at radius 2 is 1.47 bits per heavy atom. The van der Waals surface area contributed by atoms with E-state index < -0.39 is 40.7 Å². The van der Waals surface area contributed by atoms with Gasteiger partial charge >= 0.3 is 29.5 Å². The van der Waals surface area contributed by atoms with Gasteiger partial charge in [-0.15, -0.1) is 0 Å². The van der Waals surface area contributed by atoms with Crippen molar-refractivity contribution in [3.63, 3.8) is 0 Å². The van der Waals surface area contributed by atoms with E-state index in [9.17, 15) is 31.4 Å². The molecule has 36 heavy (non-hydrogen) atoms. The molecule has 6 nitrogen and oxygen atoms in total. The van der Waals surface area contributed by atoms with Gasteiger partial charge < -0.3 is 27.9 Å². The summed E-state index contributed by atoms with van der Waals surface area (Å²) >= 11 is 0. The van der Waals surface area contributed by atoms with Crippen LogP contribution in [-0.4, -0.2) is 77.3 Å². The summed E-state index contributed by atoms with van der Waals surface area (Å²) in [5.41, 5.74) is -4.65. The van der Waals surface area contributed by atoms with Crippen molar-refractivity contribution in [1.29, 1.82) is 0 Å². The summed E-state index contributed by atoms with van der Waals surface area (Å²) in [7, 11) is -4.99. The molecule has 0 spiro atoms. The summed E-state index contributed by atoms with van der Waals surface area (Å²) < 4.78 is 97.3. The summed E-state index contributed by atoms with van der Waals surface area (Å²) in [5.74, 6) is 0. The van der Waals surface area contributed by atoms with Gasteiger partial charge in [-0.3, -0.25) is 0 Å². The van der Waals surface area contributed by atoms with Crippen LogP contribution in [0.25, 0.3) is 0 Å². The average Bonchev–Trinajstić information content (AvgIpc) is 2.67. The summed E-state index contributed by atoms with van der Waals surface area (Å²) in [5, 5.41) is 16.9. The van der Waals surface area contributed by atoms with Crippen molar-refractivity contribution in [3.8, 4) is 0 Å². The van der Waals surface area contributed by atoms with Crippen LogP contribution in [0.1, 0.15) is 67.2 Å². The Balaban J connectivity index is 0. The molecule has 0 saturated carbocycles. The van der Waals surface area contributed by atoms with E-state index in [1.54, 1.807) is 20.4 Å². The van der Waals surface area contributed by atoms with Gasteiger partial charge in [-0.1, -0.05) is 0 Å². The number of rotatable bonds is 10. The third kappa shape index (κ3) is 13.5. The molecule has 2 N–H and O–H groups in total. The third-order valence-corrected chi connectivity index (χ3v) is 11.7. The van der Waals surface area contributed by atoms with E-state index in [4.69, 9.17) is 22.8 Å². The zero-order valence-electron chi connectivity index (χ0n) is 22.9. The Morgan fingerprint density at radius 3 is 1.83 bits per heavy atom. The standard InChI is InChI=1S/C11H23F3O3Si.C9H17F3O2Si.C2H6O/c1-5-16-18(4,17-6-2)9-7-8-10(3,15)11(12,13)14;1-4-13-15(3)7-5-6-8(2,14-15)9(10,11)12;1-2-3/h15H,5-9H2,1-4H3;4-7H2,1-3H3;3H,2H2,1H3. The smallest absolute Gasteiger partial charge is 0.397 e. The SMILES string of the molecule is CCO.CCO[Si](C)(CCCC(C)(O)C(F)(F)F)OCC.CCO[Si]1(C)CCCC(C)(C(F)(F)F)O1. The number of halogens is 6. The Morgan fingerprint density at radius 1 is 1.00 bits per heavy atom. The molecular formula is C22H46F6O6Si2. The Hall–Kier alpha value is -0.226. The van der Waals surface area contributed by atoms with Crippen molar-refractivity contribution in [2.24, 2.45) is 0 Å². The molecule has 1 aliphatic rings. The molecule has 1 heterocycles. The molecule has 14 heteroatoms.